The summed E-state index contributed by atoms with van der Waals surface area (Å²) in [4.78, 5) is 0. The number of hydrogen-bond donors (Lipinski definition) is 1. The fraction of sp³-hybridized carbons (Fsp3) is 0.571. The van der Waals surface area contributed by atoms with Gasteiger partial charge in [-0.15, -0.1) is 0 Å². The van der Waals surface area contributed by atoms with Crippen LogP contribution in [0.1, 0.15) is 39.0 Å². The fourth-order valence-corrected chi connectivity index (χ4v) is 2.96. The molecule has 1 nitrogen and oxygen atoms in total. The van der Waals surface area contributed by atoms with E-state index in [1.165, 1.54) is 18.6 Å². The Balaban J connectivity index is 2.07. The first-order valence-electron chi connectivity index (χ1n) is 6.51. The van der Waals surface area contributed by atoms with Crippen molar-refractivity contribution in [2.75, 3.05) is 5.32 Å². The van der Waals surface area contributed by atoms with Crippen LogP contribution in [0, 0.1) is 17.6 Å². The van der Waals surface area contributed by atoms with Crippen molar-refractivity contribution in [3.63, 3.8) is 0 Å². The highest BCUT2D eigenvalue weighted by molar-refractivity contribution is 9.10. The maximum atomic E-state index is 13.7. The Bertz CT molecular complexity index is 423. The molecule has 1 aliphatic rings. The summed E-state index contributed by atoms with van der Waals surface area (Å²) >= 11 is 2.98. The van der Waals surface area contributed by atoms with Crippen LogP contribution in [0.15, 0.2) is 16.6 Å². The summed E-state index contributed by atoms with van der Waals surface area (Å²) in [6.45, 7) is 2.19. The van der Waals surface area contributed by atoms with Crippen LogP contribution in [-0.2, 0) is 0 Å². The van der Waals surface area contributed by atoms with Crippen LogP contribution < -0.4 is 5.32 Å². The van der Waals surface area contributed by atoms with Crippen molar-refractivity contribution in [1.29, 1.82) is 0 Å². The van der Waals surface area contributed by atoms with E-state index in [1.54, 1.807) is 0 Å². The Kier molecular flexibility index (Phi) is 4.60. The SMILES string of the molecule is CCC1CCCC(Nc2cc(F)c(Br)cc2F)C1. The molecule has 0 aromatic heterocycles. The number of benzene rings is 1. The summed E-state index contributed by atoms with van der Waals surface area (Å²) in [5, 5.41) is 3.15. The van der Waals surface area contributed by atoms with Gasteiger partial charge in [0.2, 0.25) is 0 Å². The van der Waals surface area contributed by atoms with Crippen LogP contribution in [0.4, 0.5) is 14.5 Å². The molecule has 1 fully saturated rings. The topological polar surface area (TPSA) is 12.0 Å². The third-order valence-corrected chi connectivity index (χ3v) is 4.34. The molecule has 2 unspecified atom stereocenters. The molecule has 0 heterocycles. The molecule has 18 heavy (non-hydrogen) atoms. The molecule has 100 valence electrons. The molecule has 0 aliphatic heterocycles. The van der Waals surface area contributed by atoms with Gasteiger partial charge in [-0.05, 0) is 40.8 Å². The van der Waals surface area contributed by atoms with Crippen LogP contribution in [-0.4, -0.2) is 6.04 Å². The Hall–Kier alpha value is -0.640. The van der Waals surface area contributed by atoms with Crippen molar-refractivity contribution in [3.05, 3.63) is 28.2 Å². The Morgan fingerprint density at radius 1 is 1.28 bits per heavy atom. The lowest BCUT2D eigenvalue weighted by atomic mass is 9.84. The third kappa shape index (κ3) is 3.22. The first kappa shape index (κ1) is 13.8. The smallest absolute Gasteiger partial charge is 0.147 e. The van der Waals surface area contributed by atoms with Crippen molar-refractivity contribution >= 4 is 21.6 Å². The molecular weight excluding hydrogens is 300 g/mol. The van der Waals surface area contributed by atoms with Gasteiger partial charge in [0.25, 0.3) is 0 Å². The lowest BCUT2D eigenvalue weighted by molar-refractivity contribution is 0.327. The van der Waals surface area contributed by atoms with E-state index in [1.807, 2.05) is 0 Å². The zero-order valence-corrected chi connectivity index (χ0v) is 12.1. The molecule has 0 amide bonds. The minimum absolute atomic E-state index is 0.167. The molecule has 0 saturated heterocycles. The summed E-state index contributed by atoms with van der Waals surface area (Å²) in [6.07, 6.45) is 5.67. The summed E-state index contributed by atoms with van der Waals surface area (Å²) in [5.41, 5.74) is 0.275. The van der Waals surface area contributed by atoms with Gasteiger partial charge in [0, 0.05) is 12.1 Å². The van der Waals surface area contributed by atoms with Crippen molar-refractivity contribution in [1.82, 2.24) is 0 Å². The third-order valence-electron chi connectivity index (χ3n) is 3.73. The second-order valence-electron chi connectivity index (χ2n) is 5.03. The molecule has 0 radical (unpaired) electrons. The number of rotatable bonds is 3. The number of halogens is 3. The largest absolute Gasteiger partial charge is 0.380 e. The van der Waals surface area contributed by atoms with E-state index in [9.17, 15) is 8.78 Å². The molecule has 4 heteroatoms. The molecule has 1 aromatic rings. The lowest BCUT2D eigenvalue weighted by Crippen LogP contribution is -2.27. The van der Waals surface area contributed by atoms with Gasteiger partial charge in [-0.25, -0.2) is 8.78 Å². The molecule has 1 saturated carbocycles. The highest BCUT2D eigenvalue weighted by atomic mass is 79.9. The molecule has 2 atom stereocenters. The summed E-state index contributed by atoms with van der Waals surface area (Å²) in [6, 6.07) is 2.67. The van der Waals surface area contributed by atoms with Crippen molar-refractivity contribution in [3.8, 4) is 0 Å². The van der Waals surface area contributed by atoms with Crippen LogP contribution in [0.25, 0.3) is 0 Å². The predicted octanol–water partition coefficient (Wildman–Crippen LogP) is 5.11. The average molecular weight is 318 g/mol. The fourth-order valence-electron chi connectivity index (χ4n) is 2.65. The molecule has 0 spiro atoms. The van der Waals surface area contributed by atoms with Crippen LogP contribution in [0.2, 0.25) is 0 Å². The highest BCUT2D eigenvalue weighted by Crippen LogP contribution is 2.30. The number of hydrogen-bond acceptors (Lipinski definition) is 1. The molecule has 2 rings (SSSR count). The van der Waals surface area contributed by atoms with Gasteiger partial charge in [0.05, 0.1) is 10.2 Å². The van der Waals surface area contributed by atoms with Gasteiger partial charge in [-0.2, -0.15) is 0 Å². The van der Waals surface area contributed by atoms with E-state index in [0.29, 0.717) is 5.92 Å². The maximum Gasteiger partial charge on any atom is 0.147 e. The predicted molar refractivity (Wildman–Crippen MR) is 73.7 cm³/mol. The first-order chi connectivity index (χ1) is 8.60. The van der Waals surface area contributed by atoms with Crippen molar-refractivity contribution < 1.29 is 8.78 Å². The van der Waals surface area contributed by atoms with Gasteiger partial charge in [-0.1, -0.05) is 26.2 Å². The highest BCUT2D eigenvalue weighted by Gasteiger charge is 2.21. The standard InChI is InChI=1S/C14H18BrF2N/c1-2-9-4-3-5-10(6-9)18-14-8-12(16)11(15)7-13(14)17/h7-10,18H,2-6H2,1H3. The summed E-state index contributed by atoms with van der Waals surface area (Å²) < 4.78 is 27.3. The second-order valence-corrected chi connectivity index (χ2v) is 5.88. The van der Waals surface area contributed by atoms with Gasteiger partial charge < -0.3 is 5.32 Å². The molecule has 0 bridgehead atoms. The van der Waals surface area contributed by atoms with E-state index >= 15 is 0 Å². The average Bonchev–Trinajstić information content (AvgIpc) is 2.36. The Labute approximate surface area is 115 Å². The lowest BCUT2D eigenvalue weighted by Gasteiger charge is -2.30. The van der Waals surface area contributed by atoms with Crippen LogP contribution >= 0.6 is 15.9 Å². The monoisotopic (exact) mass is 317 g/mol. The van der Waals surface area contributed by atoms with E-state index in [4.69, 9.17) is 0 Å². The minimum atomic E-state index is -0.429. The Morgan fingerprint density at radius 3 is 2.78 bits per heavy atom. The quantitative estimate of drug-likeness (QED) is 0.764. The molecule has 1 aliphatic carbocycles. The maximum absolute atomic E-state index is 13.7. The minimum Gasteiger partial charge on any atom is -0.380 e. The van der Waals surface area contributed by atoms with Gasteiger partial charge >= 0.3 is 0 Å². The Morgan fingerprint density at radius 2 is 2.06 bits per heavy atom. The van der Waals surface area contributed by atoms with Gasteiger partial charge in [0.1, 0.15) is 11.6 Å². The second kappa shape index (κ2) is 6.00. The summed E-state index contributed by atoms with van der Waals surface area (Å²) in [7, 11) is 0. The van der Waals surface area contributed by atoms with E-state index in [0.717, 1.165) is 25.7 Å². The molecule has 1 N–H and O–H groups in total. The van der Waals surface area contributed by atoms with Crippen molar-refractivity contribution in [2.24, 2.45) is 5.92 Å². The summed E-state index contributed by atoms with van der Waals surface area (Å²) in [5.74, 6) is -0.122. The van der Waals surface area contributed by atoms with Crippen LogP contribution in [0.3, 0.4) is 0 Å². The van der Waals surface area contributed by atoms with E-state index < -0.39 is 11.6 Å². The first-order valence-corrected chi connectivity index (χ1v) is 7.30. The van der Waals surface area contributed by atoms with E-state index in [2.05, 4.69) is 28.2 Å². The number of anilines is 1. The normalized spacial score (nSPS) is 24.0. The van der Waals surface area contributed by atoms with Gasteiger partial charge in [-0.3, -0.25) is 0 Å². The van der Waals surface area contributed by atoms with Crippen molar-refractivity contribution in [2.45, 2.75) is 45.1 Å². The molecule has 1 aromatic carbocycles. The zero-order chi connectivity index (χ0) is 13.1. The number of nitrogens with one attached hydrogen (secondary N) is 1. The van der Waals surface area contributed by atoms with Crippen LogP contribution in [0.5, 0.6) is 0 Å². The zero-order valence-electron chi connectivity index (χ0n) is 10.5. The van der Waals surface area contributed by atoms with Gasteiger partial charge in [0.15, 0.2) is 0 Å². The molecular formula is C14H18BrF2N. The van der Waals surface area contributed by atoms with E-state index in [-0.39, 0.29) is 16.2 Å².